The lowest BCUT2D eigenvalue weighted by atomic mass is 10.2. The topological polar surface area (TPSA) is 64.1 Å². The van der Waals surface area contributed by atoms with E-state index >= 15 is 0 Å². The molecule has 6 heteroatoms. The fourth-order valence-corrected chi connectivity index (χ4v) is 2.84. The molecule has 1 aromatic carbocycles. The summed E-state index contributed by atoms with van der Waals surface area (Å²) >= 11 is 1.46. The summed E-state index contributed by atoms with van der Waals surface area (Å²) in [5, 5.41) is 5.46. The van der Waals surface area contributed by atoms with Crippen LogP contribution in [0.15, 0.2) is 54.0 Å². The Morgan fingerprint density at radius 2 is 2.09 bits per heavy atom. The molecule has 1 amide bonds. The predicted octanol–water partition coefficient (Wildman–Crippen LogP) is 3.14. The van der Waals surface area contributed by atoms with Gasteiger partial charge in [0.15, 0.2) is 0 Å². The van der Waals surface area contributed by atoms with Crippen LogP contribution in [0.2, 0.25) is 0 Å². The third-order valence-electron chi connectivity index (χ3n) is 3.22. The van der Waals surface area contributed by atoms with E-state index in [0.717, 1.165) is 16.1 Å². The molecule has 3 rings (SSSR count). The number of amides is 1. The maximum Gasteiger partial charge on any atom is 0.271 e. The summed E-state index contributed by atoms with van der Waals surface area (Å²) in [6, 6.07) is 13.4. The van der Waals surface area contributed by atoms with Gasteiger partial charge in [-0.2, -0.15) is 0 Å². The number of nitrogens with one attached hydrogen (secondary N) is 1. The molecule has 0 unspecified atom stereocenters. The van der Waals surface area contributed by atoms with Gasteiger partial charge in [-0.05, 0) is 11.6 Å². The molecule has 1 N–H and O–H groups in total. The number of nitrogens with zero attached hydrogens (tertiary/aromatic N) is 2. The molecule has 0 atom stereocenters. The fraction of sp³-hybridized carbons (Fsp3) is 0.118. The van der Waals surface area contributed by atoms with Crippen molar-refractivity contribution in [1.82, 2.24) is 15.3 Å². The number of pyridine rings is 1. The average Bonchev–Trinajstić information content (AvgIpc) is 3.11. The van der Waals surface area contributed by atoms with E-state index in [0.29, 0.717) is 18.1 Å². The molecular weight excluding hydrogens is 310 g/mol. The molecule has 2 heterocycles. The van der Waals surface area contributed by atoms with Crippen LogP contribution in [-0.2, 0) is 6.54 Å². The zero-order valence-corrected chi connectivity index (χ0v) is 13.3. The second-order valence-corrected chi connectivity index (χ2v) is 5.65. The number of rotatable bonds is 5. The number of aromatic nitrogens is 2. The Bertz CT molecular complexity index is 802. The summed E-state index contributed by atoms with van der Waals surface area (Å²) in [7, 11) is 1.56. The van der Waals surface area contributed by atoms with Crippen LogP contribution in [-0.4, -0.2) is 23.0 Å². The Morgan fingerprint density at radius 3 is 2.87 bits per heavy atom. The van der Waals surface area contributed by atoms with Crippen molar-refractivity contribution in [2.45, 2.75) is 6.54 Å². The smallest absolute Gasteiger partial charge is 0.271 e. The van der Waals surface area contributed by atoms with Crippen molar-refractivity contribution < 1.29 is 9.53 Å². The van der Waals surface area contributed by atoms with Crippen LogP contribution in [0.4, 0.5) is 0 Å². The standard InChI is InChI=1S/C17H15N3O2S/c1-22-15-9-12(7-8-18-15)10-19-16(21)14-11-23-17(20-14)13-5-3-2-4-6-13/h2-9,11H,10H2,1H3,(H,19,21). The second kappa shape index (κ2) is 7.02. The quantitative estimate of drug-likeness (QED) is 0.783. The van der Waals surface area contributed by atoms with Crippen LogP contribution >= 0.6 is 11.3 Å². The highest BCUT2D eigenvalue weighted by atomic mass is 32.1. The zero-order chi connectivity index (χ0) is 16.1. The summed E-state index contributed by atoms with van der Waals surface area (Å²) < 4.78 is 5.06. The van der Waals surface area contributed by atoms with Gasteiger partial charge >= 0.3 is 0 Å². The normalized spacial score (nSPS) is 10.3. The molecule has 116 valence electrons. The highest BCUT2D eigenvalue weighted by Gasteiger charge is 2.11. The molecule has 0 bridgehead atoms. The minimum absolute atomic E-state index is 0.195. The molecule has 23 heavy (non-hydrogen) atoms. The number of carbonyl (C=O) groups excluding carboxylic acids is 1. The van der Waals surface area contributed by atoms with Gasteiger partial charge in [-0.25, -0.2) is 9.97 Å². The molecule has 2 aromatic heterocycles. The van der Waals surface area contributed by atoms with Crippen LogP contribution in [0.25, 0.3) is 10.6 Å². The van der Waals surface area contributed by atoms with Gasteiger partial charge in [0.1, 0.15) is 10.7 Å². The van der Waals surface area contributed by atoms with Crippen LogP contribution < -0.4 is 10.1 Å². The lowest BCUT2D eigenvalue weighted by Gasteiger charge is -2.05. The Hall–Kier alpha value is -2.73. The van der Waals surface area contributed by atoms with E-state index in [-0.39, 0.29) is 5.91 Å². The van der Waals surface area contributed by atoms with E-state index < -0.39 is 0 Å². The molecule has 0 aliphatic rings. The van der Waals surface area contributed by atoms with Crippen molar-refractivity contribution in [2.24, 2.45) is 0 Å². The summed E-state index contributed by atoms with van der Waals surface area (Å²) in [6.07, 6.45) is 1.65. The van der Waals surface area contributed by atoms with Crippen LogP contribution in [0.5, 0.6) is 5.88 Å². The van der Waals surface area contributed by atoms with Crippen molar-refractivity contribution >= 4 is 17.2 Å². The number of benzene rings is 1. The molecule has 3 aromatic rings. The maximum absolute atomic E-state index is 12.2. The summed E-state index contributed by atoms with van der Waals surface area (Å²) in [4.78, 5) is 20.6. The molecule has 0 fully saturated rings. The van der Waals surface area contributed by atoms with Crippen molar-refractivity contribution in [2.75, 3.05) is 7.11 Å². The number of ether oxygens (including phenoxy) is 1. The summed E-state index contributed by atoms with van der Waals surface area (Å²) in [5.41, 5.74) is 2.36. The first-order valence-electron chi connectivity index (χ1n) is 7.04. The second-order valence-electron chi connectivity index (χ2n) is 4.79. The monoisotopic (exact) mass is 325 g/mol. The van der Waals surface area contributed by atoms with Crippen LogP contribution in [0.3, 0.4) is 0 Å². The number of hydrogen-bond acceptors (Lipinski definition) is 5. The first-order chi connectivity index (χ1) is 11.3. The molecule has 0 saturated heterocycles. The number of carbonyl (C=O) groups is 1. The Balaban J connectivity index is 1.66. The third-order valence-corrected chi connectivity index (χ3v) is 4.11. The average molecular weight is 325 g/mol. The van der Waals surface area contributed by atoms with Gasteiger partial charge in [0, 0.05) is 29.8 Å². The first-order valence-corrected chi connectivity index (χ1v) is 7.92. The number of hydrogen-bond donors (Lipinski definition) is 1. The van der Waals surface area contributed by atoms with Crippen molar-refractivity contribution in [3.05, 3.63) is 65.3 Å². The minimum atomic E-state index is -0.195. The molecule has 0 saturated carbocycles. The lowest BCUT2D eigenvalue weighted by molar-refractivity contribution is 0.0946. The first kappa shape index (κ1) is 15.2. The number of thiazole rings is 1. The Kier molecular flexibility index (Phi) is 4.63. The van der Waals surface area contributed by atoms with E-state index in [1.165, 1.54) is 11.3 Å². The highest BCUT2D eigenvalue weighted by Crippen LogP contribution is 2.23. The maximum atomic E-state index is 12.2. The van der Waals surface area contributed by atoms with Gasteiger partial charge in [0.25, 0.3) is 5.91 Å². The van der Waals surface area contributed by atoms with E-state index in [4.69, 9.17) is 4.74 Å². The van der Waals surface area contributed by atoms with Gasteiger partial charge < -0.3 is 10.1 Å². The molecule has 5 nitrogen and oxygen atoms in total. The molecule has 0 aliphatic heterocycles. The third kappa shape index (κ3) is 3.73. The molecule has 0 radical (unpaired) electrons. The van der Waals surface area contributed by atoms with Crippen molar-refractivity contribution in [3.8, 4) is 16.5 Å². The largest absolute Gasteiger partial charge is 0.481 e. The minimum Gasteiger partial charge on any atom is -0.481 e. The summed E-state index contributed by atoms with van der Waals surface area (Å²) in [6.45, 7) is 0.399. The molecule has 0 aliphatic carbocycles. The van der Waals surface area contributed by atoms with Gasteiger partial charge in [-0.3, -0.25) is 4.79 Å². The van der Waals surface area contributed by atoms with E-state index in [1.807, 2.05) is 36.4 Å². The predicted molar refractivity (Wildman–Crippen MR) is 89.5 cm³/mol. The van der Waals surface area contributed by atoms with Crippen LogP contribution in [0, 0.1) is 0 Å². The zero-order valence-electron chi connectivity index (χ0n) is 12.5. The molecular formula is C17H15N3O2S. The highest BCUT2D eigenvalue weighted by molar-refractivity contribution is 7.13. The summed E-state index contributed by atoms with van der Waals surface area (Å²) in [5.74, 6) is 0.330. The fourth-order valence-electron chi connectivity index (χ4n) is 2.04. The SMILES string of the molecule is COc1cc(CNC(=O)c2csc(-c3ccccc3)n2)ccn1. The van der Waals surface area contributed by atoms with E-state index in [1.54, 1.807) is 24.8 Å². The van der Waals surface area contributed by atoms with Crippen molar-refractivity contribution in [1.29, 1.82) is 0 Å². The Labute approximate surface area is 138 Å². The lowest BCUT2D eigenvalue weighted by Crippen LogP contribution is -2.23. The van der Waals surface area contributed by atoms with Crippen LogP contribution in [0.1, 0.15) is 16.1 Å². The number of methoxy groups -OCH3 is 1. The Morgan fingerprint density at radius 1 is 1.26 bits per heavy atom. The van der Waals surface area contributed by atoms with Gasteiger partial charge in [-0.15, -0.1) is 11.3 Å². The van der Waals surface area contributed by atoms with Gasteiger partial charge in [-0.1, -0.05) is 30.3 Å². The van der Waals surface area contributed by atoms with Gasteiger partial charge in [0.05, 0.1) is 7.11 Å². The van der Waals surface area contributed by atoms with Gasteiger partial charge in [0.2, 0.25) is 5.88 Å². The molecule has 0 spiro atoms. The van der Waals surface area contributed by atoms with Crippen molar-refractivity contribution in [3.63, 3.8) is 0 Å². The van der Waals surface area contributed by atoms with E-state index in [2.05, 4.69) is 15.3 Å². The van der Waals surface area contributed by atoms with E-state index in [9.17, 15) is 4.79 Å².